The third-order valence-electron chi connectivity index (χ3n) is 3.69. The maximum absolute atomic E-state index is 12.6. The molecule has 3 rings (SSSR count). The van der Waals surface area contributed by atoms with Gasteiger partial charge in [-0.15, -0.1) is 0 Å². The summed E-state index contributed by atoms with van der Waals surface area (Å²) in [6, 6.07) is 18.0. The fourth-order valence-corrected chi connectivity index (χ4v) is 3.09. The Morgan fingerprint density at radius 2 is 1.83 bits per heavy atom. The number of aryl methyl sites for hydroxylation is 2. The summed E-state index contributed by atoms with van der Waals surface area (Å²) in [7, 11) is 1.58. The maximum atomic E-state index is 12.6. The third-order valence-corrected chi connectivity index (χ3v) is 4.57. The quantitative estimate of drug-likeness (QED) is 0.733. The van der Waals surface area contributed by atoms with Gasteiger partial charge in [-0.3, -0.25) is 10.1 Å². The van der Waals surface area contributed by atoms with E-state index in [1.165, 1.54) is 16.9 Å². The molecule has 122 valence electrons. The highest BCUT2D eigenvalue weighted by Crippen LogP contribution is 2.25. The zero-order valence-electron chi connectivity index (χ0n) is 13.4. The van der Waals surface area contributed by atoms with Crippen molar-refractivity contribution in [3.63, 3.8) is 0 Å². The highest BCUT2D eigenvalue weighted by Gasteiger charge is 2.13. The van der Waals surface area contributed by atoms with Gasteiger partial charge in [-0.1, -0.05) is 59.9 Å². The van der Waals surface area contributed by atoms with E-state index in [4.69, 9.17) is 4.74 Å². The molecule has 0 saturated carbocycles. The van der Waals surface area contributed by atoms with Crippen LogP contribution in [0.5, 0.6) is 5.06 Å². The van der Waals surface area contributed by atoms with Crippen LogP contribution in [0, 0.1) is 0 Å². The molecule has 0 fully saturated rings. The van der Waals surface area contributed by atoms with Crippen molar-refractivity contribution >= 4 is 22.4 Å². The van der Waals surface area contributed by atoms with E-state index >= 15 is 0 Å². The van der Waals surface area contributed by atoms with Gasteiger partial charge in [0, 0.05) is 5.56 Å². The Labute approximate surface area is 145 Å². The number of nitrogens with one attached hydrogen (secondary N) is 1. The van der Waals surface area contributed by atoms with Gasteiger partial charge < -0.3 is 4.74 Å². The van der Waals surface area contributed by atoms with Gasteiger partial charge in [0.2, 0.25) is 0 Å². The number of hydrogen-bond donors (Lipinski definition) is 1. The molecule has 0 saturated heterocycles. The van der Waals surface area contributed by atoms with Crippen molar-refractivity contribution in [3.05, 3.63) is 77.5 Å². The number of carbonyl (C=O) groups is 1. The normalized spacial score (nSPS) is 10.4. The van der Waals surface area contributed by atoms with E-state index in [-0.39, 0.29) is 5.91 Å². The van der Waals surface area contributed by atoms with Gasteiger partial charge in [0.25, 0.3) is 5.91 Å². The van der Waals surface area contributed by atoms with Gasteiger partial charge in [-0.2, -0.15) is 0 Å². The molecule has 0 radical (unpaired) electrons. The Kier molecular flexibility index (Phi) is 5.23. The van der Waals surface area contributed by atoms with Gasteiger partial charge in [-0.25, -0.2) is 4.98 Å². The van der Waals surface area contributed by atoms with Crippen LogP contribution in [0.4, 0.5) is 5.13 Å². The van der Waals surface area contributed by atoms with Crippen molar-refractivity contribution in [1.82, 2.24) is 4.98 Å². The lowest BCUT2D eigenvalue weighted by molar-refractivity contribution is 0.102. The molecule has 1 amide bonds. The fraction of sp³-hybridized carbons (Fsp3) is 0.158. The summed E-state index contributed by atoms with van der Waals surface area (Å²) >= 11 is 1.31. The van der Waals surface area contributed by atoms with E-state index in [0.717, 1.165) is 18.4 Å². The van der Waals surface area contributed by atoms with Crippen LogP contribution >= 0.6 is 11.3 Å². The van der Waals surface area contributed by atoms with Gasteiger partial charge in [0.1, 0.15) is 0 Å². The van der Waals surface area contributed by atoms with Gasteiger partial charge in [-0.05, 0) is 30.0 Å². The second-order valence-corrected chi connectivity index (χ2v) is 6.28. The molecule has 1 aromatic heterocycles. The van der Waals surface area contributed by atoms with Crippen LogP contribution in [0.15, 0.2) is 60.8 Å². The summed E-state index contributed by atoms with van der Waals surface area (Å²) in [6.07, 6.45) is 3.31. The Balaban J connectivity index is 1.72. The van der Waals surface area contributed by atoms with Crippen LogP contribution in [-0.2, 0) is 12.8 Å². The number of carbonyl (C=O) groups excluding carboxylic acids is 1. The Morgan fingerprint density at radius 1 is 1.08 bits per heavy atom. The molecule has 2 aromatic carbocycles. The number of anilines is 1. The number of nitrogens with zero attached hydrogens (tertiary/aromatic N) is 1. The lowest BCUT2D eigenvalue weighted by Crippen LogP contribution is -2.14. The lowest BCUT2D eigenvalue weighted by Gasteiger charge is -2.09. The van der Waals surface area contributed by atoms with E-state index in [9.17, 15) is 4.79 Å². The topological polar surface area (TPSA) is 51.2 Å². The largest absolute Gasteiger partial charge is 0.486 e. The molecule has 1 N–H and O–H groups in total. The molecule has 0 aliphatic carbocycles. The SMILES string of the molecule is COc1cnc(NC(=O)c2ccccc2CCc2ccccc2)s1. The van der Waals surface area contributed by atoms with Crippen LogP contribution in [0.3, 0.4) is 0 Å². The van der Waals surface area contributed by atoms with E-state index in [1.807, 2.05) is 42.5 Å². The summed E-state index contributed by atoms with van der Waals surface area (Å²) in [5.41, 5.74) is 2.97. The molecule has 0 unspecified atom stereocenters. The first kappa shape index (κ1) is 16.2. The third kappa shape index (κ3) is 4.00. The first-order valence-corrected chi connectivity index (χ1v) is 8.51. The average Bonchev–Trinajstić information content (AvgIpc) is 3.08. The molecule has 3 aromatic rings. The Morgan fingerprint density at radius 3 is 2.58 bits per heavy atom. The Bertz CT molecular complexity index is 815. The number of amides is 1. The number of methoxy groups -OCH3 is 1. The summed E-state index contributed by atoms with van der Waals surface area (Å²) in [4.78, 5) is 16.7. The maximum Gasteiger partial charge on any atom is 0.257 e. The van der Waals surface area contributed by atoms with Crippen LogP contribution in [0.1, 0.15) is 21.5 Å². The molecule has 4 nitrogen and oxygen atoms in total. The van der Waals surface area contributed by atoms with Crippen LogP contribution < -0.4 is 10.1 Å². The van der Waals surface area contributed by atoms with Crippen molar-refractivity contribution in [2.75, 3.05) is 12.4 Å². The average molecular weight is 338 g/mol. The minimum Gasteiger partial charge on any atom is -0.486 e. The fourth-order valence-electron chi connectivity index (χ4n) is 2.46. The van der Waals surface area contributed by atoms with Crippen molar-refractivity contribution in [3.8, 4) is 5.06 Å². The summed E-state index contributed by atoms with van der Waals surface area (Å²) in [5, 5.41) is 4.05. The predicted molar refractivity (Wildman–Crippen MR) is 96.9 cm³/mol. The second kappa shape index (κ2) is 7.75. The van der Waals surface area contributed by atoms with Gasteiger partial charge in [0.15, 0.2) is 10.2 Å². The zero-order chi connectivity index (χ0) is 16.8. The van der Waals surface area contributed by atoms with Gasteiger partial charge in [0.05, 0.1) is 13.3 Å². The minimum atomic E-state index is -0.143. The number of thiazole rings is 1. The number of ether oxygens (including phenoxy) is 1. The van der Waals surface area contributed by atoms with E-state index in [0.29, 0.717) is 15.8 Å². The number of benzene rings is 2. The summed E-state index contributed by atoms with van der Waals surface area (Å²) in [6.45, 7) is 0. The van der Waals surface area contributed by atoms with Crippen molar-refractivity contribution < 1.29 is 9.53 Å². The molecule has 0 spiro atoms. The Hall–Kier alpha value is -2.66. The van der Waals surface area contributed by atoms with E-state index in [2.05, 4.69) is 22.4 Å². The van der Waals surface area contributed by atoms with Crippen molar-refractivity contribution in [2.45, 2.75) is 12.8 Å². The predicted octanol–water partition coefficient (Wildman–Crippen LogP) is 4.19. The molecule has 0 aliphatic rings. The molecular weight excluding hydrogens is 320 g/mol. The van der Waals surface area contributed by atoms with Crippen LogP contribution in [0.25, 0.3) is 0 Å². The van der Waals surface area contributed by atoms with Crippen molar-refractivity contribution in [2.24, 2.45) is 0 Å². The minimum absolute atomic E-state index is 0.143. The highest BCUT2D eigenvalue weighted by molar-refractivity contribution is 7.17. The van der Waals surface area contributed by atoms with Crippen molar-refractivity contribution in [1.29, 1.82) is 0 Å². The molecule has 0 aliphatic heterocycles. The number of rotatable bonds is 6. The molecule has 5 heteroatoms. The van der Waals surface area contributed by atoms with Crippen LogP contribution in [-0.4, -0.2) is 18.0 Å². The first-order valence-electron chi connectivity index (χ1n) is 7.69. The molecule has 0 atom stereocenters. The molecular formula is C19H18N2O2S. The zero-order valence-corrected chi connectivity index (χ0v) is 14.2. The molecule has 1 heterocycles. The summed E-state index contributed by atoms with van der Waals surface area (Å²) in [5.74, 6) is -0.143. The lowest BCUT2D eigenvalue weighted by atomic mass is 9.99. The highest BCUT2D eigenvalue weighted by atomic mass is 32.1. The number of hydrogen-bond acceptors (Lipinski definition) is 4. The van der Waals surface area contributed by atoms with E-state index in [1.54, 1.807) is 13.3 Å². The molecule has 0 bridgehead atoms. The smallest absolute Gasteiger partial charge is 0.257 e. The standard InChI is InChI=1S/C19H18N2O2S/c1-23-17-13-20-19(24-17)21-18(22)16-10-6-5-9-15(16)12-11-14-7-3-2-4-8-14/h2-10,13H,11-12H2,1H3,(H,20,21,22). The second-order valence-electron chi connectivity index (χ2n) is 5.29. The summed E-state index contributed by atoms with van der Waals surface area (Å²) < 4.78 is 5.10. The number of aromatic nitrogens is 1. The van der Waals surface area contributed by atoms with E-state index < -0.39 is 0 Å². The first-order chi connectivity index (χ1) is 11.8. The van der Waals surface area contributed by atoms with Gasteiger partial charge >= 0.3 is 0 Å². The monoisotopic (exact) mass is 338 g/mol. The van der Waals surface area contributed by atoms with Crippen LogP contribution in [0.2, 0.25) is 0 Å². The molecule has 24 heavy (non-hydrogen) atoms.